The number of esters is 1. The van der Waals surface area contributed by atoms with Gasteiger partial charge in [0.2, 0.25) is 5.91 Å². The Kier molecular flexibility index (Phi) is 7.38. The molecule has 0 spiro atoms. The second kappa shape index (κ2) is 9.02. The van der Waals surface area contributed by atoms with Crippen LogP contribution in [-0.4, -0.2) is 23.0 Å². The van der Waals surface area contributed by atoms with Crippen molar-refractivity contribution in [3.63, 3.8) is 0 Å². The Balaban J connectivity index is 2.77. The summed E-state index contributed by atoms with van der Waals surface area (Å²) in [5, 5.41) is 9.00. The fraction of sp³-hybridized carbons (Fsp3) is 0.471. The average molecular weight is 337 g/mol. The summed E-state index contributed by atoms with van der Waals surface area (Å²) in [6.07, 6.45) is 0.369. The van der Waals surface area contributed by atoms with Crippen LogP contribution in [0.3, 0.4) is 0 Å². The Hall–Kier alpha value is -2.41. The highest BCUT2D eigenvalue weighted by atomic mass is 16.7. The zero-order valence-corrected chi connectivity index (χ0v) is 14.1. The van der Waals surface area contributed by atoms with Crippen LogP contribution in [0.15, 0.2) is 24.3 Å². The molecule has 0 heterocycles. The molecule has 7 heteroatoms. The number of hydrogen-bond donors (Lipinski definition) is 2. The molecule has 1 amide bonds. The maximum atomic E-state index is 12.4. The molecule has 0 unspecified atom stereocenters. The zero-order valence-electron chi connectivity index (χ0n) is 14.1. The summed E-state index contributed by atoms with van der Waals surface area (Å²) in [5.74, 6) is -2.08. The number of amides is 1. The number of rotatable bonds is 7. The molecule has 0 fully saturated rings. The van der Waals surface area contributed by atoms with Gasteiger partial charge in [-0.05, 0) is 24.0 Å². The van der Waals surface area contributed by atoms with Gasteiger partial charge in [0, 0.05) is 6.92 Å². The van der Waals surface area contributed by atoms with Crippen LogP contribution < -0.4 is 5.48 Å². The molecule has 0 bridgehead atoms. The number of hydroxylamine groups is 1. The minimum Gasteiger partial charge on any atom is -0.460 e. The van der Waals surface area contributed by atoms with Gasteiger partial charge in [-0.1, -0.05) is 38.1 Å². The first-order valence-electron chi connectivity index (χ1n) is 7.73. The second-order valence-electron chi connectivity index (χ2n) is 5.39. The predicted octanol–water partition coefficient (Wildman–Crippen LogP) is 1.62. The van der Waals surface area contributed by atoms with Crippen molar-refractivity contribution >= 4 is 17.8 Å². The number of benzene rings is 1. The molecule has 1 aromatic carbocycles. The molecular formula is C17H23NO6. The molecule has 1 rings (SSSR count). The third kappa shape index (κ3) is 4.79. The van der Waals surface area contributed by atoms with Crippen molar-refractivity contribution in [1.82, 2.24) is 5.48 Å². The van der Waals surface area contributed by atoms with E-state index in [1.54, 1.807) is 38.1 Å². The molecule has 0 radical (unpaired) electrons. The molecule has 0 saturated carbocycles. The summed E-state index contributed by atoms with van der Waals surface area (Å²) < 4.78 is 5.26. The summed E-state index contributed by atoms with van der Waals surface area (Å²) in [5.41, 5.74) is 1.96. The number of carbonyl (C=O) groups is 3. The van der Waals surface area contributed by atoms with Crippen molar-refractivity contribution in [3.05, 3.63) is 35.4 Å². The molecule has 0 aromatic heterocycles. The molecular weight excluding hydrogens is 314 g/mol. The Morgan fingerprint density at radius 1 is 1.04 bits per heavy atom. The number of hydrogen-bond acceptors (Lipinski definition) is 6. The maximum absolute atomic E-state index is 12.4. The normalized spacial score (nSPS) is 10.8. The lowest BCUT2D eigenvalue weighted by Gasteiger charge is -2.26. The van der Waals surface area contributed by atoms with Crippen molar-refractivity contribution in [1.29, 1.82) is 0 Å². The summed E-state index contributed by atoms with van der Waals surface area (Å²) in [7, 11) is 0. The lowest BCUT2D eigenvalue weighted by Crippen LogP contribution is -2.43. The monoisotopic (exact) mass is 337 g/mol. The van der Waals surface area contributed by atoms with E-state index in [0.29, 0.717) is 0 Å². The molecule has 24 heavy (non-hydrogen) atoms. The van der Waals surface area contributed by atoms with Gasteiger partial charge in [-0.15, -0.1) is 0 Å². The topological polar surface area (TPSA) is 102 Å². The molecule has 2 N–H and O–H groups in total. The van der Waals surface area contributed by atoms with E-state index in [2.05, 4.69) is 4.84 Å². The van der Waals surface area contributed by atoms with E-state index in [-0.39, 0.29) is 26.1 Å². The molecule has 7 nitrogen and oxygen atoms in total. The van der Waals surface area contributed by atoms with Crippen LogP contribution >= 0.6 is 0 Å². The number of ether oxygens (including phenoxy) is 1. The Bertz CT molecular complexity index is 577. The first-order chi connectivity index (χ1) is 11.4. The van der Waals surface area contributed by atoms with Crippen molar-refractivity contribution in [2.24, 2.45) is 5.41 Å². The predicted molar refractivity (Wildman–Crippen MR) is 85.1 cm³/mol. The van der Waals surface area contributed by atoms with E-state index < -0.39 is 23.3 Å². The standard InChI is InChI=1S/C17H23NO6/c1-4-17(5-2,16(22)24-18-12(3)20)15(21)23-11-14-8-6-13(10-19)7-9-14/h6-9,19H,4-5,10-11H2,1-3H3,(H,18,20). The van der Waals surface area contributed by atoms with Gasteiger partial charge in [-0.3, -0.25) is 9.59 Å². The van der Waals surface area contributed by atoms with Crippen molar-refractivity contribution in [2.75, 3.05) is 0 Å². The van der Waals surface area contributed by atoms with Crippen LogP contribution in [0, 0.1) is 5.41 Å². The zero-order chi connectivity index (χ0) is 18.2. The van der Waals surface area contributed by atoms with Crippen molar-refractivity contribution < 1.29 is 29.1 Å². The smallest absolute Gasteiger partial charge is 0.349 e. The van der Waals surface area contributed by atoms with Gasteiger partial charge < -0.3 is 14.7 Å². The summed E-state index contributed by atoms with van der Waals surface area (Å²) in [6.45, 7) is 4.48. The first-order valence-corrected chi connectivity index (χ1v) is 7.73. The highest BCUT2D eigenvalue weighted by Crippen LogP contribution is 2.30. The van der Waals surface area contributed by atoms with E-state index in [4.69, 9.17) is 9.84 Å². The largest absolute Gasteiger partial charge is 0.460 e. The van der Waals surface area contributed by atoms with Crippen molar-refractivity contribution in [3.8, 4) is 0 Å². The molecule has 0 atom stereocenters. The van der Waals surface area contributed by atoms with E-state index in [1.807, 2.05) is 5.48 Å². The van der Waals surface area contributed by atoms with Crippen LogP contribution in [0.2, 0.25) is 0 Å². The average Bonchev–Trinajstić information content (AvgIpc) is 2.60. The number of carbonyl (C=O) groups excluding carboxylic acids is 3. The van der Waals surface area contributed by atoms with Crippen LogP contribution in [0.4, 0.5) is 0 Å². The second-order valence-corrected chi connectivity index (χ2v) is 5.39. The summed E-state index contributed by atoms with van der Waals surface area (Å²) in [6, 6.07) is 6.91. The van der Waals surface area contributed by atoms with Gasteiger partial charge in [0.05, 0.1) is 6.61 Å². The highest BCUT2D eigenvalue weighted by molar-refractivity contribution is 6.00. The number of aliphatic hydroxyl groups excluding tert-OH is 1. The molecule has 0 aliphatic heterocycles. The van der Waals surface area contributed by atoms with Gasteiger partial charge >= 0.3 is 11.9 Å². The van der Waals surface area contributed by atoms with Crippen LogP contribution in [0.25, 0.3) is 0 Å². The van der Waals surface area contributed by atoms with Crippen molar-refractivity contribution in [2.45, 2.75) is 46.8 Å². The first kappa shape index (κ1) is 19.6. The fourth-order valence-electron chi connectivity index (χ4n) is 2.15. The minimum atomic E-state index is -1.46. The van der Waals surface area contributed by atoms with E-state index in [9.17, 15) is 14.4 Å². The van der Waals surface area contributed by atoms with Gasteiger partial charge in [0.1, 0.15) is 6.61 Å². The fourth-order valence-corrected chi connectivity index (χ4v) is 2.15. The third-order valence-electron chi connectivity index (χ3n) is 3.85. The minimum absolute atomic E-state index is 0.000289. The van der Waals surface area contributed by atoms with Crippen LogP contribution in [-0.2, 0) is 37.2 Å². The molecule has 0 aliphatic rings. The lowest BCUT2D eigenvalue weighted by molar-refractivity contribution is -0.180. The highest BCUT2D eigenvalue weighted by Gasteiger charge is 2.46. The van der Waals surface area contributed by atoms with Gasteiger partial charge in [0.15, 0.2) is 5.41 Å². The maximum Gasteiger partial charge on any atom is 0.349 e. The lowest BCUT2D eigenvalue weighted by atomic mass is 9.82. The van der Waals surface area contributed by atoms with Gasteiger partial charge in [0.25, 0.3) is 0 Å². The van der Waals surface area contributed by atoms with Crippen LogP contribution in [0.5, 0.6) is 0 Å². The molecule has 132 valence electrons. The quantitative estimate of drug-likeness (QED) is 0.445. The number of aliphatic hydroxyl groups is 1. The molecule has 1 aromatic rings. The SMILES string of the molecule is CCC(CC)(C(=O)OCc1ccc(CO)cc1)C(=O)ONC(C)=O. The molecule has 0 saturated heterocycles. The Morgan fingerprint density at radius 3 is 2.04 bits per heavy atom. The summed E-state index contributed by atoms with van der Waals surface area (Å²) in [4.78, 5) is 40.2. The third-order valence-corrected chi connectivity index (χ3v) is 3.85. The summed E-state index contributed by atoms with van der Waals surface area (Å²) >= 11 is 0. The van der Waals surface area contributed by atoms with E-state index in [0.717, 1.165) is 11.1 Å². The van der Waals surface area contributed by atoms with E-state index in [1.165, 1.54) is 6.92 Å². The number of nitrogens with one attached hydrogen (secondary N) is 1. The van der Waals surface area contributed by atoms with Gasteiger partial charge in [-0.25, -0.2) is 4.79 Å². The Labute approximate surface area is 140 Å². The molecule has 0 aliphatic carbocycles. The van der Waals surface area contributed by atoms with Gasteiger partial charge in [-0.2, -0.15) is 5.48 Å². The van der Waals surface area contributed by atoms with E-state index >= 15 is 0 Å². The Morgan fingerprint density at radius 2 is 1.58 bits per heavy atom. The van der Waals surface area contributed by atoms with Crippen LogP contribution in [0.1, 0.15) is 44.7 Å².